The van der Waals surface area contributed by atoms with Crippen LogP contribution in [0.5, 0.6) is 0 Å². The molecule has 2 rings (SSSR count). The van der Waals surface area contributed by atoms with E-state index < -0.39 is 15.9 Å². The zero-order valence-electron chi connectivity index (χ0n) is 11.0. The summed E-state index contributed by atoms with van der Waals surface area (Å²) < 4.78 is 25.3. The van der Waals surface area contributed by atoms with Gasteiger partial charge in [-0.15, -0.1) is 0 Å². The van der Waals surface area contributed by atoms with Crippen molar-refractivity contribution in [1.82, 2.24) is 9.29 Å². The van der Waals surface area contributed by atoms with Crippen molar-refractivity contribution in [1.29, 1.82) is 0 Å². The number of amides is 1. The number of hydrogen-bond donors (Lipinski definition) is 1. The van der Waals surface area contributed by atoms with Gasteiger partial charge in [0, 0.05) is 12.7 Å². The van der Waals surface area contributed by atoms with E-state index in [1.807, 2.05) is 13.8 Å². The number of aromatic nitrogens is 1. The molecule has 2 N–H and O–H groups in total. The molecule has 0 atom stereocenters. The normalized spacial score (nSPS) is 17.6. The van der Waals surface area contributed by atoms with Crippen LogP contribution >= 0.6 is 0 Å². The van der Waals surface area contributed by atoms with E-state index in [-0.39, 0.29) is 22.5 Å². The lowest BCUT2D eigenvalue weighted by atomic mass is 9.90. The van der Waals surface area contributed by atoms with Crippen LogP contribution in [0.1, 0.15) is 30.6 Å². The molecule has 104 valence electrons. The van der Waals surface area contributed by atoms with E-state index in [4.69, 9.17) is 5.73 Å². The topological polar surface area (TPSA) is 93.4 Å². The van der Waals surface area contributed by atoms with Crippen LogP contribution in [0.4, 0.5) is 0 Å². The van der Waals surface area contributed by atoms with Crippen LogP contribution in [-0.2, 0) is 10.0 Å². The Morgan fingerprint density at radius 3 is 2.68 bits per heavy atom. The lowest BCUT2D eigenvalue weighted by molar-refractivity contribution is 0.0860. The first-order valence-corrected chi connectivity index (χ1v) is 7.46. The molecule has 7 heteroatoms. The van der Waals surface area contributed by atoms with E-state index in [0.717, 1.165) is 4.31 Å². The van der Waals surface area contributed by atoms with Gasteiger partial charge in [0.25, 0.3) is 15.9 Å². The fourth-order valence-corrected chi connectivity index (χ4v) is 3.32. The summed E-state index contributed by atoms with van der Waals surface area (Å²) in [5.74, 6) is -0.504. The molecule has 0 saturated carbocycles. The molecule has 2 heterocycles. The van der Waals surface area contributed by atoms with E-state index >= 15 is 0 Å². The first-order valence-electron chi connectivity index (χ1n) is 6.02. The van der Waals surface area contributed by atoms with E-state index in [9.17, 15) is 13.2 Å². The summed E-state index contributed by atoms with van der Waals surface area (Å²) in [5.41, 5.74) is 5.55. The van der Waals surface area contributed by atoms with Crippen molar-refractivity contribution in [2.24, 2.45) is 11.1 Å². The minimum absolute atomic E-state index is 0.127. The Labute approximate surface area is 112 Å². The zero-order valence-corrected chi connectivity index (χ0v) is 11.8. The Balaban J connectivity index is 2.29. The van der Waals surface area contributed by atoms with Gasteiger partial charge in [0.15, 0.2) is 5.03 Å². The maximum Gasteiger partial charge on any atom is 0.285 e. The maximum absolute atomic E-state index is 12.2. The number of rotatable bonds is 4. The summed E-state index contributed by atoms with van der Waals surface area (Å²) in [5, 5.41) is -0.148. The van der Waals surface area contributed by atoms with E-state index in [2.05, 4.69) is 4.98 Å². The summed E-state index contributed by atoms with van der Waals surface area (Å²) in [6, 6.07) is 3.04. The fraction of sp³-hybridized carbons (Fsp3) is 0.500. The maximum atomic E-state index is 12.2. The van der Waals surface area contributed by atoms with Crippen LogP contribution < -0.4 is 5.73 Å². The molecule has 1 amide bonds. The molecule has 0 unspecified atom stereocenters. The number of fused-ring (bicyclic) bond motifs is 1. The van der Waals surface area contributed by atoms with Crippen molar-refractivity contribution in [3.05, 3.63) is 23.9 Å². The molecule has 1 aromatic heterocycles. The van der Waals surface area contributed by atoms with Crippen molar-refractivity contribution >= 4 is 15.9 Å². The molecule has 0 aromatic carbocycles. The first kappa shape index (κ1) is 14.0. The lowest BCUT2D eigenvalue weighted by Gasteiger charge is -2.25. The molecule has 1 aliphatic heterocycles. The van der Waals surface area contributed by atoms with E-state index in [1.54, 1.807) is 6.07 Å². The number of nitrogens with zero attached hydrogens (tertiary/aromatic N) is 2. The third-order valence-electron chi connectivity index (χ3n) is 3.31. The number of carbonyl (C=O) groups excluding carboxylic acids is 1. The quantitative estimate of drug-likeness (QED) is 0.873. The molecular formula is C12H17N3O3S. The second-order valence-electron chi connectivity index (χ2n) is 5.36. The third-order valence-corrected chi connectivity index (χ3v) is 5.05. The van der Waals surface area contributed by atoms with Gasteiger partial charge < -0.3 is 5.73 Å². The SMILES string of the molecule is CC(C)(CN)CCN1C(=O)c2cccnc2S1(=O)=O. The van der Waals surface area contributed by atoms with Crippen LogP contribution in [-0.4, -0.2) is 36.7 Å². The second kappa shape index (κ2) is 4.57. The summed E-state index contributed by atoms with van der Waals surface area (Å²) in [4.78, 5) is 15.9. The number of pyridine rings is 1. The molecule has 0 fully saturated rings. The Bertz CT molecular complexity index is 610. The molecule has 0 aliphatic carbocycles. The molecule has 0 bridgehead atoms. The summed E-state index contributed by atoms with van der Waals surface area (Å²) in [6.07, 6.45) is 1.89. The lowest BCUT2D eigenvalue weighted by Crippen LogP contribution is -2.35. The van der Waals surface area contributed by atoms with Gasteiger partial charge in [-0.25, -0.2) is 9.29 Å². The van der Waals surface area contributed by atoms with Crippen molar-refractivity contribution in [3.8, 4) is 0 Å². The Morgan fingerprint density at radius 1 is 1.42 bits per heavy atom. The summed E-state index contributed by atoms with van der Waals surface area (Å²) in [6.45, 7) is 4.43. The number of carbonyl (C=O) groups is 1. The molecule has 1 aliphatic rings. The van der Waals surface area contributed by atoms with Crippen molar-refractivity contribution in [2.75, 3.05) is 13.1 Å². The largest absolute Gasteiger partial charge is 0.330 e. The smallest absolute Gasteiger partial charge is 0.285 e. The van der Waals surface area contributed by atoms with Crippen LogP contribution in [0.2, 0.25) is 0 Å². The van der Waals surface area contributed by atoms with Crippen molar-refractivity contribution in [3.63, 3.8) is 0 Å². The van der Waals surface area contributed by atoms with Gasteiger partial charge >= 0.3 is 0 Å². The van der Waals surface area contributed by atoms with Crippen molar-refractivity contribution in [2.45, 2.75) is 25.3 Å². The molecule has 0 spiro atoms. The monoisotopic (exact) mass is 283 g/mol. The Kier molecular flexibility index (Phi) is 3.36. The minimum atomic E-state index is -3.79. The van der Waals surface area contributed by atoms with Crippen molar-refractivity contribution < 1.29 is 13.2 Å². The minimum Gasteiger partial charge on any atom is -0.330 e. The van der Waals surface area contributed by atoms with Gasteiger partial charge in [-0.1, -0.05) is 13.8 Å². The Morgan fingerprint density at radius 2 is 2.11 bits per heavy atom. The molecular weight excluding hydrogens is 266 g/mol. The fourth-order valence-electron chi connectivity index (χ4n) is 1.84. The molecule has 0 saturated heterocycles. The van der Waals surface area contributed by atoms with Crippen LogP contribution in [0.25, 0.3) is 0 Å². The highest BCUT2D eigenvalue weighted by Gasteiger charge is 2.42. The van der Waals surface area contributed by atoms with Gasteiger partial charge in [0.05, 0.1) is 5.56 Å². The van der Waals surface area contributed by atoms with E-state index in [0.29, 0.717) is 13.0 Å². The third kappa shape index (κ3) is 2.35. The standard InChI is InChI=1S/C12H17N3O3S/c1-12(2,8-13)5-7-15-11(16)9-4-3-6-14-10(9)19(15,17)18/h3-4,6H,5,7-8,13H2,1-2H3. The average molecular weight is 283 g/mol. The predicted molar refractivity (Wildman–Crippen MR) is 69.9 cm³/mol. The van der Waals surface area contributed by atoms with Gasteiger partial charge in [-0.05, 0) is 30.5 Å². The number of nitrogens with two attached hydrogens (primary N) is 1. The highest BCUT2D eigenvalue weighted by Crippen LogP contribution is 2.30. The Hall–Kier alpha value is -1.47. The van der Waals surface area contributed by atoms with E-state index in [1.165, 1.54) is 12.3 Å². The highest BCUT2D eigenvalue weighted by atomic mass is 32.2. The highest BCUT2D eigenvalue weighted by molar-refractivity contribution is 7.90. The van der Waals surface area contributed by atoms with Gasteiger partial charge in [0.1, 0.15) is 0 Å². The zero-order chi connectivity index (χ0) is 14.3. The van der Waals surface area contributed by atoms with Crippen LogP contribution in [0, 0.1) is 5.41 Å². The van der Waals surface area contributed by atoms with Gasteiger partial charge in [-0.2, -0.15) is 8.42 Å². The predicted octanol–water partition coefficient (Wildman–Crippen LogP) is 0.601. The second-order valence-corrected chi connectivity index (χ2v) is 7.13. The summed E-state index contributed by atoms with van der Waals surface area (Å²) >= 11 is 0. The number of sulfonamides is 1. The average Bonchev–Trinajstić information content (AvgIpc) is 2.56. The molecule has 1 aromatic rings. The molecule has 6 nitrogen and oxygen atoms in total. The van der Waals surface area contributed by atoms with Crippen LogP contribution in [0.3, 0.4) is 0 Å². The molecule has 0 radical (unpaired) electrons. The van der Waals surface area contributed by atoms with Crippen LogP contribution in [0.15, 0.2) is 23.4 Å². The summed E-state index contributed by atoms with van der Waals surface area (Å²) in [7, 11) is -3.79. The van der Waals surface area contributed by atoms with Gasteiger partial charge in [-0.3, -0.25) is 4.79 Å². The first-order chi connectivity index (χ1) is 8.79. The van der Waals surface area contributed by atoms with Gasteiger partial charge in [0.2, 0.25) is 0 Å². The number of hydrogen-bond acceptors (Lipinski definition) is 5. The molecule has 19 heavy (non-hydrogen) atoms.